The van der Waals surface area contributed by atoms with Crippen molar-refractivity contribution in [2.24, 2.45) is 0 Å². The molecule has 1 aliphatic heterocycles. The Labute approximate surface area is 141 Å². The van der Waals surface area contributed by atoms with Crippen molar-refractivity contribution in [3.05, 3.63) is 42.0 Å². The van der Waals surface area contributed by atoms with E-state index in [9.17, 15) is 4.79 Å². The van der Waals surface area contributed by atoms with Gasteiger partial charge in [0.1, 0.15) is 18.1 Å². The van der Waals surface area contributed by atoms with Crippen LogP contribution in [0.1, 0.15) is 36.6 Å². The molecule has 1 amide bonds. The number of carbonyl (C=O) groups is 1. The minimum Gasteiger partial charge on any atom is -0.486 e. The van der Waals surface area contributed by atoms with E-state index < -0.39 is 0 Å². The van der Waals surface area contributed by atoms with Gasteiger partial charge in [0.15, 0.2) is 17.6 Å². The predicted molar refractivity (Wildman–Crippen MR) is 90.5 cm³/mol. The molecule has 0 radical (unpaired) electrons. The molecule has 2 heterocycles. The predicted octanol–water partition coefficient (Wildman–Crippen LogP) is 2.66. The lowest BCUT2D eigenvalue weighted by Crippen LogP contribution is -2.44. The van der Waals surface area contributed by atoms with Crippen molar-refractivity contribution in [2.75, 3.05) is 19.7 Å². The highest BCUT2D eigenvalue weighted by atomic mass is 16.6. The number of nitrogens with zero attached hydrogens (tertiary/aromatic N) is 2. The van der Waals surface area contributed by atoms with Gasteiger partial charge < -0.3 is 19.4 Å². The quantitative estimate of drug-likeness (QED) is 0.885. The number of amides is 1. The van der Waals surface area contributed by atoms with E-state index in [4.69, 9.17) is 9.47 Å². The van der Waals surface area contributed by atoms with Gasteiger partial charge in [0.2, 0.25) is 0 Å². The van der Waals surface area contributed by atoms with E-state index in [0.717, 1.165) is 30.2 Å². The van der Waals surface area contributed by atoms with Crippen LogP contribution in [0.2, 0.25) is 0 Å². The normalized spacial score (nSPS) is 16.0. The second-order valence-corrected chi connectivity index (χ2v) is 5.85. The van der Waals surface area contributed by atoms with Crippen molar-refractivity contribution in [2.45, 2.75) is 32.8 Å². The largest absolute Gasteiger partial charge is 0.486 e. The summed E-state index contributed by atoms with van der Waals surface area (Å²) in [4.78, 5) is 21.8. The van der Waals surface area contributed by atoms with Crippen LogP contribution in [-0.2, 0) is 6.42 Å². The van der Waals surface area contributed by atoms with Gasteiger partial charge in [0.05, 0.1) is 12.7 Å². The van der Waals surface area contributed by atoms with Crippen LogP contribution in [0.25, 0.3) is 0 Å². The summed E-state index contributed by atoms with van der Waals surface area (Å²) in [5.41, 5.74) is 0.525. The number of hydrogen-bond acceptors (Lipinski definition) is 4. The number of hydrogen-bond donors (Lipinski definition) is 1. The molecule has 1 aromatic carbocycles. The summed E-state index contributed by atoms with van der Waals surface area (Å²) in [5, 5.41) is 0. The minimum absolute atomic E-state index is 0.0495. The molecule has 2 aromatic rings. The molecule has 0 unspecified atom stereocenters. The Balaban J connectivity index is 1.69. The molecule has 1 aromatic heterocycles. The Morgan fingerprint density at radius 1 is 1.33 bits per heavy atom. The van der Waals surface area contributed by atoms with Gasteiger partial charge in [-0.05, 0) is 18.6 Å². The summed E-state index contributed by atoms with van der Waals surface area (Å²) in [7, 11) is 0. The zero-order valence-corrected chi connectivity index (χ0v) is 14.1. The molecular formula is C18H23N3O3. The van der Waals surface area contributed by atoms with E-state index >= 15 is 0 Å². The first-order valence-electron chi connectivity index (χ1n) is 8.42. The smallest absolute Gasteiger partial charge is 0.272 e. The fraction of sp³-hybridized carbons (Fsp3) is 0.444. The van der Waals surface area contributed by atoms with Crippen LogP contribution < -0.4 is 9.47 Å². The molecule has 0 spiro atoms. The maximum absolute atomic E-state index is 12.7. The molecular weight excluding hydrogens is 306 g/mol. The van der Waals surface area contributed by atoms with Gasteiger partial charge in [-0.25, -0.2) is 4.98 Å². The molecule has 0 bridgehead atoms. The average Bonchev–Trinajstić information content (AvgIpc) is 3.10. The van der Waals surface area contributed by atoms with Gasteiger partial charge in [0, 0.05) is 13.0 Å². The lowest BCUT2D eigenvalue weighted by atomic mass is 10.2. The van der Waals surface area contributed by atoms with Crippen molar-refractivity contribution in [3.8, 4) is 11.5 Å². The molecule has 0 aliphatic carbocycles. The summed E-state index contributed by atoms with van der Waals surface area (Å²) in [6.07, 6.45) is 3.09. The van der Waals surface area contributed by atoms with Crippen LogP contribution in [0, 0.1) is 0 Å². The second-order valence-electron chi connectivity index (χ2n) is 5.85. The number of ether oxygens (including phenoxy) is 2. The fourth-order valence-corrected chi connectivity index (χ4v) is 2.77. The third-order valence-electron chi connectivity index (χ3n) is 3.97. The molecule has 128 valence electrons. The van der Waals surface area contributed by atoms with E-state index in [1.54, 1.807) is 11.1 Å². The number of rotatable bonds is 6. The first kappa shape index (κ1) is 16.4. The van der Waals surface area contributed by atoms with Crippen molar-refractivity contribution >= 4 is 5.91 Å². The van der Waals surface area contributed by atoms with Crippen molar-refractivity contribution in [1.29, 1.82) is 0 Å². The van der Waals surface area contributed by atoms with Crippen LogP contribution >= 0.6 is 0 Å². The Hall–Kier alpha value is -2.50. The average molecular weight is 329 g/mol. The van der Waals surface area contributed by atoms with Gasteiger partial charge >= 0.3 is 0 Å². The number of aromatic amines is 1. The summed E-state index contributed by atoms with van der Waals surface area (Å²) in [6.45, 7) is 5.65. The number of imidazole rings is 1. The molecule has 0 fully saturated rings. The first-order valence-corrected chi connectivity index (χ1v) is 8.42. The number of carbonyl (C=O) groups excluding carboxylic acids is 1. The number of aryl methyl sites for hydroxylation is 1. The summed E-state index contributed by atoms with van der Waals surface area (Å²) in [6, 6.07) is 7.60. The van der Waals surface area contributed by atoms with Crippen LogP contribution in [-0.4, -0.2) is 46.6 Å². The summed E-state index contributed by atoms with van der Waals surface area (Å²) < 4.78 is 11.7. The maximum Gasteiger partial charge on any atom is 0.272 e. The molecule has 3 rings (SSSR count). The number of fused-ring (bicyclic) bond motifs is 1. The van der Waals surface area contributed by atoms with Gasteiger partial charge in [-0.15, -0.1) is 0 Å². The van der Waals surface area contributed by atoms with Gasteiger partial charge in [-0.3, -0.25) is 4.79 Å². The minimum atomic E-state index is -0.177. The van der Waals surface area contributed by atoms with E-state index in [2.05, 4.69) is 16.9 Å². The zero-order chi connectivity index (χ0) is 16.9. The topological polar surface area (TPSA) is 67.5 Å². The van der Waals surface area contributed by atoms with Gasteiger partial charge in [-0.2, -0.15) is 0 Å². The highest BCUT2D eigenvalue weighted by molar-refractivity contribution is 5.92. The molecule has 6 heteroatoms. The van der Waals surface area contributed by atoms with E-state index in [-0.39, 0.29) is 12.0 Å². The number of aromatic nitrogens is 2. The molecule has 1 atom stereocenters. The molecule has 1 aliphatic rings. The molecule has 0 saturated carbocycles. The number of nitrogens with one attached hydrogen (secondary N) is 1. The zero-order valence-electron chi connectivity index (χ0n) is 14.1. The highest BCUT2D eigenvalue weighted by Crippen LogP contribution is 2.31. The molecule has 6 nitrogen and oxygen atoms in total. The van der Waals surface area contributed by atoms with E-state index in [0.29, 0.717) is 25.4 Å². The Morgan fingerprint density at radius 3 is 2.83 bits per heavy atom. The van der Waals surface area contributed by atoms with Crippen molar-refractivity contribution in [1.82, 2.24) is 14.9 Å². The number of para-hydroxylation sites is 2. The Morgan fingerprint density at radius 2 is 2.12 bits per heavy atom. The van der Waals surface area contributed by atoms with Gasteiger partial charge in [0.25, 0.3) is 5.91 Å². The highest BCUT2D eigenvalue weighted by Gasteiger charge is 2.26. The SMILES string of the molecule is CCCN(C[C@@H]1COc2ccccc2O1)C(=O)c1cnc(CC)[nH]1. The van der Waals surface area contributed by atoms with Crippen molar-refractivity contribution in [3.63, 3.8) is 0 Å². The Bertz CT molecular complexity index is 698. The molecule has 0 saturated heterocycles. The summed E-state index contributed by atoms with van der Waals surface area (Å²) >= 11 is 0. The van der Waals surface area contributed by atoms with Crippen LogP contribution in [0.3, 0.4) is 0 Å². The third-order valence-corrected chi connectivity index (χ3v) is 3.97. The second kappa shape index (κ2) is 7.38. The maximum atomic E-state index is 12.7. The summed E-state index contributed by atoms with van der Waals surface area (Å²) in [5.74, 6) is 2.25. The number of H-pyrrole nitrogens is 1. The van der Waals surface area contributed by atoms with Crippen LogP contribution in [0.5, 0.6) is 11.5 Å². The lowest BCUT2D eigenvalue weighted by molar-refractivity contribution is 0.0459. The fourth-order valence-electron chi connectivity index (χ4n) is 2.77. The Kier molecular flexibility index (Phi) is 5.03. The van der Waals surface area contributed by atoms with Gasteiger partial charge in [-0.1, -0.05) is 26.0 Å². The van der Waals surface area contributed by atoms with E-state index in [1.807, 2.05) is 31.2 Å². The third kappa shape index (κ3) is 3.53. The standard InChI is InChI=1S/C18H23N3O3/c1-3-9-21(18(22)14-10-19-17(4-2)20-14)11-13-12-23-15-7-5-6-8-16(15)24-13/h5-8,10,13H,3-4,9,11-12H2,1-2H3,(H,19,20)/t13-/m1/s1. The van der Waals surface area contributed by atoms with Crippen LogP contribution in [0.15, 0.2) is 30.5 Å². The number of benzene rings is 1. The molecule has 1 N–H and O–H groups in total. The monoisotopic (exact) mass is 329 g/mol. The lowest BCUT2D eigenvalue weighted by Gasteiger charge is -2.31. The molecule has 24 heavy (non-hydrogen) atoms. The van der Waals surface area contributed by atoms with E-state index in [1.165, 1.54) is 0 Å². The van der Waals surface area contributed by atoms with Crippen molar-refractivity contribution < 1.29 is 14.3 Å². The van der Waals surface area contributed by atoms with Crippen LogP contribution in [0.4, 0.5) is 0 Å². The first-order chi connectivity index (χ1) is 11.7.